The summed E-state index contributed by atoms with van der Waals surface area (Å²) in [5.74, 6) is -3.50. The van der Waals surface area contributed by atoms with Gasteiger partial charge in [0.2, 0.25) is 5.12 Å². The molecular formula is C27H33F3O6S. The van der Waals surface area contributed by atoms with Crippen LogP contribution in [0, 0.1) is 28.6 Å². The van der Waals surface area contributed by atoms with E-state index in [-0.39, 0.29) is 24.8 Å². The average Bonchev–Trinajstić information content (AvgIpc) is 3.45. The third kappa shape index (κ3) is 3.43. The number of hydrogen-bond acceptors (Lipinski definition) is 7. The minimum Gasteiger partial charge on any atom is -0.447 e. The van der Waals surface area contributed by atoms with Crippen LogP contribution < -0.4 is 0 Å². The second kappa shape index (κ2) is 8.95. The second-order valence-electron chi connectivity index (χ2n) is 11.7. The summed E-state index contributed by atoms with van der Waals surface area (Å²) in [5, 5.41) is 10.8. The smallest absolute Gasteiger partial charge is 0.336 e. The molecule has 0 aromatic heterocycles. The number of halogens is 3. The summed E-state index contributed by atoms with van der Waals surface area (Å²) in [7, 11) is 0. The number of ether oxygens (including phenoxy) is 2. The van der Waals surface area contributed by atoms with Crippen molar-refractivity contribution >= 4 is 28.6 Å². The minimum atomic E-state index is -2.33. The van der Waals surface area contributed by atoms with Gasteiger partial charge in [0.05, 0.1) is 6.10 Å². The maximum absolute atomic E-state index is 17.4. The number of hydrogen-bond donors (Lipinski definition) is 1. The van der Waals surface area contributed by atoms with E-state index in [2.05, 4.69) is 0 Å². The van der Waals surface area contributed by atoms with Crippen molar-refractivity contribution < 1.29 is 42.1 Å². The quantitative estimate of drug-likeness (QED) is 0.533. The Morgan fingerprint density at radius 3 is 2.65 bits per heavy atom. The summed E-state index contributed by atoms with van der Waals surface area (Å²) >= 11 is 0.387. The topological polar surface area (TPSA) is 89.9 Å². The normalized spacial score (nSPS) is 48.6. The molecule has 10 atom stereocenters. The van der Waals surface area contributed by atoms with Crippen LogP contribution in [0.4, 0.5) is 13.2 Å². The highest BCUT2D eigenvalue weighted by atomic mass is 32.2. The summed E-state index contributed by atoms with van der Waals surface area (Å²) in [5.41, 5.74) is -7.02. The van der Waals surface area contributed by atoms with E-state index in [0.717, 1.165) is 6.08 Å². The molecule has 1 N–H and O–H groups in total. The molecule has 3 saturated carbocycles. The minimum absolute atomic E-state index is 0.00702. The Labute approximate surface area is 218 Å². The van der Waals surface area contributed by atoms with E-state index < -0.39 is 81.1 Å². The van der Waals surface area contributed by atoms with Crippen LogP contribution in [0.3, 0.4) is 0 Å². The van der Waals surface area contributed by atoms with Crippen molar-refractivity contribution in [3.05, 3.63) is 23.8 Å². The van der Waals surface area contributed by atoms with E-state index in [4.69, 9.17) is 9.47 Å². The van der Waals surface area contributed by atoms with Crippen LogP contribution in [0.5, 0.6) is 0 Å². The van der Waals surface area contributed by atoms with Gasteiger partial charge in [-0.1, -0.05) is 19.9 Å². The van der Waals surface area contributed by atoms with E-state index in [1.165, 1.54) is 19.1 Å². The third-order valence-corrected chi connectivity index (χ3v) is 10.8. The van der Waals surface area contributed by atoms with Crippen molar-refractivity contribution in [1.29, 1.82) is 0 Å². The lowest BCUT2D eigenvalue weighted by Crippen LogP contribution is -2.70. The molecule has 5 unspecified atom stereocenters. The number of rotatable bonds is 4. The fraction of sp³-hybridized carbons (Fsp3) is 0.741. The number of alkyl halides is 3. The van der Waals surface area contributed by atoms with Crippen LogP contribution in [0.15, 0.2) is 23.8 Å². The van der Waals surface area contributed by atoms with Gasteiger partial charge in [-0.05, 0) is 74.4 Å². The summed E-state index contributed by atoms with van der Waals surface area (Å²) in [6.45, 7) is 5.25. The molecule has 10 heteroatoms. The lowest BCUT2D eigenvalue weighted by atomic mass is 9.44. The van der Waals surface area contributed by atoms with Crippen molar-refractivity contribution in [3.8, 4) is 0 Å². The molecule has 0 bridgehead atoms. The standard InChI is InChI=1S/C27H33F3O6S/c1-14-9-16-17-11-19(29)18-10-15(31)6-7-24(18,2)26(17,30)21(32)12-25(16,3)27(14,23(34)37-13-28)36-22(33)20-5-4-8-35-20/h6-7,10,14,16-17,19-21,32H,4-5,8-9,11-13H2,1-3H3/t14?,16-,17-,19?,20-,21?,24-,25-,26?,27?/m0/s1. The molecule has 1 aliphatic heterocycles. The van der Waals surface area contributed by atoms with E-state index in [9.17, 15) is 23.9 Å². The summed E-state index contributed by atoms with van der Waals surface area (Å²) in [6.07, 6.45) is 0.288. The number of aliphatic hydroxyl groups is 1. The van der Waals surface area contributed by atoms with Crippen LogP contribution in [0.25, 0.3) is 0 Å². The Morgan fingerprint density at radius 1 is 1.27 bits per heavy atom. The molecule has 4 fully saturated rings. The average molecular weight is 543 g/mol. The highest BCUT2D eigenvalue weighted by molar-refractivity contribution is 8.13. The third-order valence-electron chi connectivity index (χ3n) is 10.1. The maximum Gasteiger partial charge on any atom is 0.336 e. The Bertz CT molecular complexity index is 1070. The predicted molar refractivity (Wildman–Crippen MR) is 130 cm³/mol. The monoisotopic (exact) mass is 542 g/mol. The molecule has 6 nitrogen and oxygen atoms in total. The highest BCUT2D eigenvalue weighted by Gasteiger charge is 2.78. The number of allylic oxidation sites excluding steroid dienone is 4. The Kier molecular flexibility index (Phi) is 6.51. The van der Waals surface area contributed by atoms with Crippen LogP contribution >= 0.6 is 11.8 Å². The Balaban J connectivity index is 1.61. The van der Waals surface area contributed by atoms with E-state index in [1.807, 2.05) is 0 Å². The number of ketones is 1. The highest BCUT2D eigenvalue weighted by Crippen LogP contribution is 2.72. The summed E-state index contributed by atoms with van der Waals surface area (Å²) in [6, 6.07) is -1.04. The van der Waals surface area contributed by atoms with Crippen molar-refractivity contribution in [1.82, 2.24) is 0 Å². The van der Waals surface area contributed by atoms with Crippen molar-refractivity contribution in [3.63, 3.8) is 0 Å². The fourth-order valence-electron chi connectivity index (χ4n) is 8.36. The zero-order chi connectivity index (χ0) is 27.0. The van der Waals surface area contributed by atoms with Gasteiger partial charge in [0, 0.05) is 29.3 Å². The number of carbonyl (C=O) groups excluding carboxylic acids is 3. The molecule has 0 radical (unpaired) electrons. The molecule has 37 heavy (non-hydrogen) atoms. The SMILES string of the molecule is CC1C[C@H]2[C@@H]3CC(F)C4=CC(=O)C=C[C@]4(C)C3(F)C(O)C[C@]2(C)C1(OC(=O)[C@@H]1CCCO1)C(=O)SCF. The van der Waals surface area contributed by atoms with Crippen molar-refractivity contribution in [2.45, 2.75) is 82.5 Å². The molecule has 4 aliphatic carbocycles. The molecule has 204 valence electrons. The molecule has 5 rings (SSSR count). The second-order valence-corrected chi connectivity index (χ2v) is 12.6. The Morgan fingerprint density at radius 2 is 2.00 bits per heavy atom. The fourth-order valence-corrected chi connectivity index (χ4v) is 9.15. The number of aliphatic hydroxyl groups excluding tert-OH is 1. The summed E-state index contributed by atoms with van der Waals surface area (Å²) < 4.78 is 58.0. The lowest BCUT2D eigenvalue weighted by Gasteiger charge is -2.63. The first-order valence-electron chi connectivity index (χ1n) is 12.9. The van der Waals surface area contributed by atoms with Gasteiger partial charge < -0.3 is 14.6 Å². The first-order valence-corrected chi connectivity index (χ1v) is 13.9. The van der Waals surface area contributed by atoms with Gasteiger partial charge in [0.1, 0.15) is 12.2 Å². The Hall–Kier alpha value is -1.65. The number of carbonyl (C=O) groups is 3. The van der Waals surface area contributed by atoms with Crippen molar-refractivity contribution in [2.24, 2.45) is 28.6 Å². The van der Waals surface area contributed by atoms with Gasteiger partial charge in [-0.3, -0.25) is 9.59 Å². The van der Waals surface area contributed by atoms with Crippen molar-refractivity contribution in [2.75, 3.05) is 12.6 Å². The molecule has 1 heterocycles. The molecule has 0 aromatic carbocycles. The van der Waals surface area contributed by atoms with Crippen LogP contribution in [-0.2, 0) is 23.9 Å². The van der Waals surface area contributed by atoms with Gasteiger partial charge in [0.15, 0.2) is 23.2 Å². The van der Waals surface area contributed by atoms with Gasteiger partial charge >= 0.3 is 5.97 Å². The van der Waals surface area contributed by atoms with Gasteiger partial charge in [-0.15, -0.1) is 0 Å². The molecule has 5 aliphatic rings. The van der Waals surface area contributed by atoms with E-state index in [1.54, 1.807) is 13.8 Å². The summed E-state index contributed by atoms with van der Waals surface area (Å²) in [4.78, 5) is 38.8. The number of esters is 1. The molecule has 0 spiro atoms. The molecule has 1 saturated heterocycles. The van der Waals surface area contributed by atoms with Crippen LogP contribution in [0.1, 0.15) is 52.9 Å². The molecule has 0 amide bonds. The largest absolute Gasteiger partial charge is 0.447 e. The zero-order valence-corrected chi connectivity index (χ0v) is 22.0. The lowest BCUT2D eigenvalue weighted by molar-refractivity contribution is -0.231. The number of thioether (sulfide) groups is 1. The number of fused-ring (bicyclic) bond motifs is 5. The zero-order valence-electron chi connectivity index (χ0n) is 21.2. The van der Waals surface area contributed by atoms with Gasteiger partial charge in [-0.25, -0.2) is 18.0 Å². The van der Waals surface area contributed by atoms with E-state index in [0.29, 0.717) is 31.2 Å². The predicted octanol–water partition coefficient (Wildman–Crippen LogP) is 4.20. The first kappa shape index (κ1) is 26.9. The molecule has 0 aromatic rings. The van der Waals surface area contributed by atoms with Crippen LogP contribution in [0.2, 0.25) is 0 Å². The molecular weight excluding hydrogens is 509 g/mol. The van der Waals surface area contributed by atoms with Gasteiger partial charge in [0.25, 0.3) is 0 Å². The maximum atomic E-state index is 17.4. The van der Waals surface area contributed by atoms with Gasteiger partial charge in [-0.2, -0.15) is 0 Å². The van der Waals surface area contributed by atoms with E-state index >= 15 is 8.78 Å². The van der Waals surface area contributed by atoms with Crippen LogP contribution in [-0.4, -0.2) is 64.2 Å². The first-order chi connectivity index (χ1) is 17.4.